The van der Waals surface area contributed by atoms with Crippen LogP contribution < -0.4 is 5.32 Å². The molecule has 0 aliphatic carbocycles. The van der Waals surface area contributed by atoms with Crippen molar-refractivity contribution < 1.29 is 5.11 Å². The Morgan fingerprint density at radius 2 is 1.93 bits per heavy atom. The maximum atomic E-state index is 9.14. The van der Waals surface area contributed by atoms with Crippen molar-refractivity contribution in [3.8, 4) is 5.75 Å². The summed E-state index contributed by atoms with van der Waals surface area (Å²) in [6, 6.07) is 8.04. The Morgan fingerprint density at radius 1 is 1.27 bits per heavy atom. The van der Waals surface area contributed by atoms with Crippen LogP contribution in [0.25, 0.3) is 0 Å². The SMILES string of the molecule is CCCN[C@H](C)CCc1ccc(O)cc1. The number of aryl methyl sites for hydroxylation is 1. The molecule has 2 nitrogen and oxygen atoms in total. The molecule has 0 heterocycles. The van der Waals surface area contributed by atoms with Crippen molar-refractivity contribution in [3.63, 3.8) is 0 Å². The fourth-order valence-corrected chi connectivity index (χ4v) is 1.54. The van der Waals surface area contributed by atoms with Crippen molar-refractivity contribution in [3.05, 3.63) is 29.8 Å². The minimum absolute atomic E-state index is 0.343. The Balaban J connectivity index is 2.27. The van der Waals surface area contributed by atoms with E-state index in [-0.39, 0.29) is 0 Å². The van der Waals surface area contributed by atoms with E-state index in [0.717, 1.165) is 19.4 Å². The van der Waals surface area contributed by atoms with E-state index in [4.69, 9.17) is 5.11 Å². The van der Waals surface area contributed by atoms with Crippen LogP contribution in [0.2, 0.25) is 0 Å². The summed E-state index contributed by atoms with van der Waals surface area (Å²) in [6.07, 6.45) is 3.40. The molecule has 0 amide bonds. The third-order valence-corrected chi connectivity index (χ3v) is 2.55. The van der Waals surface area contributed by atoms with Crippen LogP contribution in [0.4, 0.5) is 0 Å². The fourth-order valence-electron chi connectivity index (χ4n) is 1.54. The molecule has 0 unspecified atom stereocenters. The molecule has 0 saturated carbocycles. The third kappa shape index (κ3) is 4.84. The highest BCUT2D eigenvalue weighted by atomic mass is 16.3. The average molecular weight is 207 g/mol. The van der Waals surface area contributed by atoms with E-state index in [0.29, 0.717) is 11.8 Å². The zero-order chi connectivity index (χ0) is 11.1. The van der Waals surface area contributed by atoms with Gasteiger partial charge in [0.25, 0.3) is 0 Å². The summed E-state index contributed by atoms with van der Waals surface area (Å²) < 4.78 is 0. The summed E-state index contributed by atoms with van der Waals surface area (Å²) in [4.78, 5) is 0. The standard InChI is InChI=1S/C13H21NO/c1-3-10-14-11(2)4-5-12-6-8-13(15)9-7-12/h6-9,11,14-15H,3-5,10H2,1-2H3/t11-/m1/s1. The molecule has 0 aliphatic rings. The number of benzene rings is 1. The second-order valence-electron chi connectivity index (χ2n) is 4.06. The van der Waals surface area contributed by atoms with Gasteiger partial charge in [-0.3, -0.25) is 0 Å². The summed E-state index contributed by atoms with van der Waals surface area (Å²) in [5.41, 5.74) is 1.29. The van der Waals surface area contributed by atoms with Crippen molar-refractivity contribution in [1.82, 2.24) is 5.32 Å². The minimum atomic E-state index is 0.343. The zero-order valence-electron chi connectivity index (χ0n) is 9.66. The summed E-state index contributed by atoms with van der Waals surface area (Å²) in [5.74, 6) is 0.343. The van der Waals surface area contributed by atoms with Crippen LogP contribution in [0.5, 0.6) is 5.75 Å². The molecular weight excluding hydrogens is 186 g/mol. The van der Waals surface area contributed by atoms with Gasteiger partial charge in [0.15, 0.2) is 0 Å². The predicted molar refractivity (Wildman–Crippen MR) is 64.2 cm³/mol. The lowest BCUT2D eigenvalue weighted by atomic mass is 10.1. The van der Waals surface area contributed by atoms with Gasteiger partial charge < -0.3 is 10.4 Å². The topological polar surface area (TPSA) is 32.3 Å². The minimum Gasteiger partial charge on any atom is -0.508 e. The second-order valence-corrected chi connectivity index (χ2v) is 4.06. The van der Waals surface area contributed by atoms with Gasteiger partial charge in [0.2, 0.25) is 0 Å². The monoisotopic (exact) mass is 207 g/mol. The number of hydrogen-bond donors (Lipinski definition) is 2. The molecule has 0 aliphatic heterocycles. The number of phenolic OH excluding ortho intramolecular Hbond substituents is 1. The van der Waals surface area contributed by atoms with Gasteiger partial charge in [-0.2, -0.15) is 0 Å². The quantitative estimate of drug-likeness (QED) is 0.751. The molecule has 15 heavy (non-hydrogen) atoms. The second kappa shape index (κ2) is 6.46. The molecule has 0 fully saturated rings. The molecule has 0 radical (unpaired) electrons. The number of hydrogen-bond acceptors (Lipinski definition) is 2. The summed E-state index contributed by atoms with van der Waals surface area (Å²) in [5, 5.41) is 12.6. The Labute approximate surface area is 92.3 Å². The molecule has 0 spiro atoms. The first-order valence-corrected chi connectivity index (χ1v) is 5.73. The van der Waals surface area contributed by atoms with Gasteiger partial charge in [0.1, 0.15) is 5.75 Å². The Morgan fingerprint density at radius 3 is 2.53 bits per heavy atom. The van der Waals surface area contributed by atoms with E-state index in [1.807, 2.05) is 12.1 Å². The van der Waals surface area contributed by atoms with Crippen LogP contribution in [0.1, 0.15) is 32.3 Å². The van der Waals surface area contributed by atoms with Crippen LogP contribution in [-0.4, -0.2) is 17.7 Å². The van der Waals surface area contributed by atoms with Crippen LogP contribution in [-0.2, 0) is 6.42 Å². The highest BCUT2D eigenvalue weighted by Gasteiger charge is 2.01. The van der Waals surface area contributed by atoms with Crippen LogP contribution >= 0.6 is 0 Å². The molecular formula is C13H21NO. The van der Waals surface area contributed by atoms with E-state index >= 15 is 0 Å². The summed E-state index contributed by atoms with van der Waals surface area (Å²) in [6.45, 7) is 5.49. The number of phenols is 1. The number of nitrogens with one attached hydrogen (secondary N) is 1. The molecule has 1 atom stereocenters. The Kier molecular flexibility index (Phi) is 5.19. The van der Waals surface area contributed by atoms with Gasteiger partial charge in [-0.05, 0) is 50.4 Å². The van der Waals surface area contributed by atoms with Crippen LogP contribution in [0.3, 0.4) is 0 Å². The molecule has 84 valence electrons. The zero-order valence-corrected chi connectivity index (χ0v) is 9.66. The maximum Gasteiger partial charge on any atom is 0.115 e. The van der Waals surface area contributed by atoms with Crippen molar-refractivity contribution in [2.24, 2.45) is 0 Å². The molecule has 2 heteroatoms. The first kappa shape index (κ1) is 12.1. The highest BCUT2D eigenvalue weighted by molar-refractivity contribution is 5.25. The molecule has 0 bridgehead atoms. The number of aromatic hydroxyl groups is 1. The smallest absolute Gasteiger partial charge is 0.115 e. The van der Waals surface area contributed by atoms with Gasteiger partial charge >= 0.3 is 0 Å². The normalized spacial score (nSPS) is 12.7. The van der Waals surface area contributed by atoms with E-state index in [2.05, 4.69) is 19.2 Å². The molecule has 0 saturated heterocycles. The molecule has 1 rings (SSSR count). The lowest BCUT2D eigenvalue weighted by Crippen LogP contribution is -2.27. The van der Waals surface area contributed by atoms with Crippen LogP contribution in [0, 0.1) is 0 Å². The molecule has 1 aromatic carbocycles. The predicted octanol–water partition coefficient (Wildman–Crippen LogP) is 2.71. The van der Waals surface area contributed by atoms with Gasteiger partial charge in [-0.1, -0.05) is 19.1 Å². The van der Waals surface area contributed by atoms with Crippen molar-refractivity contribution in [1.29, 1.82) is 0 Å². The van der Waals surface area contributed by atoms with Crippen molar-refractivity contribution in [2.75, 3.05) is 6.54 Å². The summed E-state index contributed by atoms with van der Waals surface area (Å²) in [7, 11) is 0. The highest BCUT2D eigenvalue weighted by Crippen LogP contribution is 2.11. The van der Waals surface area contributed by atoms with Crippen LogP contribution in [0.15, 0.2) is 24.3 Å². The summed E-state index contributed by atoms with van der Waals surface area (Å²) >= 11 is 0. The first-order valence-electron chi connectivity index (χ1n) is 5.73. The van der Waals surface area contributed by atoms with E-state index in [1.54, 1.807) is 12.1 Å². The molecule has 0 aromatic heterocycles. The lowest BCUT2D eigenvalue weighted by molar-refractivity contribution is 0.474. The van der Waals surface area contributed by atoms with Crippen molar-refractivity contribution in [2.45, 2.75) is 39.2 Å². The largest absolute Gasteiger partial charge is 0.508 e. The van der Waals surface area contributed by atoms with Gasteiger partial charge in [0, 0.05) is 6.04 Å². The van der Waals surface area contributed by atoms with Crippen molar-refractivity contribution >= 4 is 0 Å². The van der Waals surface area contributed by atoms with Gasteiger partial charge in [-0.25, -0.2) is 0 Å². The van der Waals surface area contributed by atoms with E-state index in [9.17, 15) is 0 Å². The molecule has 2 N–H and O–H groups in total. The maximum absolute atomic E-state index is 9.14. The molecule has 1 aromatic rings. The van der Waals surface area contributed by atoms with E-state index < -0.39 is 0 Å². The Bertz CT molecular complexity index is 268. The van der Waals surface area contributed by atoms with Gasteiger partial charge in [0.05, 0.1) is 0 Å². The van der Waals surface area contributed by atoms with E-state index in [1.165, 1.54) is 12.0 Å². The first-order chi connectivity index (χ1) is 7.22. The third-order valence-electron chi connectivity index (χ3n) is 2.55. The Hall–Kier alpha value is -1.02. The lowest BCUT2D eigenvalue weighted by Gasteiger charge is -2.12. The fraction of sp³-hybridized carbons (Fsp3) is 0.538. The average Bonchev–Trinajstić information content (AvgIpc) is 2.25. The number of rotatable bonds is 6. The van der Waals surface area contributed by atoms with Gasteiger partial charge in [-0.15, -0.1) is 0 Å².